The molecule has 1 aliphatic rings. The predicted molar refractivity (Wildman–Crippen MR) is 206 cm³/mol. The van der Waals surface area contributed by atoms with Gasteiger partial charge in [-0.3, -0.25) is 0 Å². The minimum absolute atomic E-state index is 0.0639. The molecule has 9 aromatic rings. The number of hydrogen-bond donors (Lipinski definition) is 0. The number of fused-ring (bicyclic) bond motifs is 7. The zero-order chi connectivity index (χ0) is 33.4. The summed E-state index contributed by atoms with van der Waals surface area (Å²) in [6, 6.07) is 55.8. The fourth-order valence-electron chi connectivity index (χ4n) is 8.12. The monoisotopic (exact) mass is 640 g/mol. The molecule has 10 rings (SSSR count). The van der Waals surface area contributed by atoms with Crippen LogP contribution in [0.15, 0.2) is 162 Å². The van der Waals surface area contributed by atoms with Crippen LogP contribution < -0.4 is 0 Å². The zero-order valence-electron chi connectivity index (χ0n) is 27.8. The molecule has 0 unspecified atom stereocenters. The highest BCUT2D eigenvalue weighted by molar-refractivity contribution is 6.10. The van der Waals surface area contributed by atoms with E-state index in [0.717, 1.165) is 55.4 Å². The summed E-state index contributed by atoms with van der Waals surface area (Å²) in [6.45, 7) is 4.68. The summed E-state index contributed by atoms with van der Waals surface area (Å²) in [7, 11) is 0. The lowest BCUT2D eigenvalue weighted by atomic mass is 9.81. The van der Waals surface area contributed by atoms with Gasteiger partial charge in [-0.2, -0.15) is 0 Å². The molecule has 0 atom stereocenters. The molecule has 50 heavy (non-hydrogen) atoms. The van der Waals surface area contributed by atoms with Gasteiger partial charge in [0.1, 0.15) is 11.2 Å². The van der Waals surface area contributed by atoms with Crippen molar-refractivity contribution in [3.8, 4) is 56.2 Å². The second-order valence-electron chi connectivity index (χ2n) is 13.7. The molecular formula is C47H32N2O. The van der Waals surface area contributed by atoms with Crippen LogP contribution in [-0.2, 0) is 5.41 Å². The van der Waals surface area contributed by atoms with Crippen molar-refractivity contribution in [3.05, 3.63) is 169 Å². The van der Waals surface area contributed by atoms with Crippen molar-refractivity contribution in [2.75, 3.05) is 0 Å². The summed E-state index contributed by atoms with van der Waals surface area (Å²) in [5, 5.41) is 4.52. The fourth-order valence-corrected chi connectivity index (χ4v) is 8.12. The van der Waals surface area contributed by atoms with Gasteiger partial charge in [0.15, 0.2) is 5.82 Å². The largest absolute Gasteiger partial charge is 0.455 e. The number of hydrogen-bond acceptors (Lipinski definition) is 3. The molecular weight excluding hydrogens is 609 g/mol. The first kappa shape index (κ1) is 28.7. The summed E-state index contributed by atoms with van der Waals surface area (Å²) in [6.07, 6.45) is 0. The highest BCUT2D eigenvalue weighted by Gasteiger charge is 2.36. The van der Waals surface area contributed by atoms with Crippen LogP contribution in [0.3, 0.4) is 0 Å². The third-order valence-corrected chi connectivity index (χ3v) is 10.5. The lowest BCUT2D eigenvalue weighted by Crippen LogP contribution is -2.14. The number of furan rings is 1. The van der Waals surface area contributed by atoms with Crippen LogP contribution in [0.2, 0.25) is 0 Å². The smallest absolute Gasteiger partial charge is 0.160 e. The van der Waals surface area contributed by atoms with E-state index in [2.05, 4.69) is 141 Å². The third kappa shape index (κ3) is 4.23. The van der Waals surface area contributed by atoms with E-state index in [-0.39, 0.29) is 5.41 Å². The van der Waals surface area contributed by atoms with E-state index in [0.29, 0.717) is 5.82 Å². The minimum atomic E-state index is -0.0639. The normalized spacial score (nSPS) is 13.2. The Hall–Kier alpha value is -6.32. The number of nitrogens with zero attached hydrogens (tertiary/aromatic N) is 2. The van der Waals surface area contributed by atoms with Crippen molar-refractivity contribution in [2.24, 2.45) is 0 Å². The van der Waals surface area contributed by atoms with Gasteiger partial charge in [-0.1, -0.05) is 153 Å². The van der Waals surface area contributed by atoms with Gasteiger partial charge in [0, 0.05) is 32.9 Å². The van der Waals surface area contributed by atoms with E-state index in [4.69, 9.17) is 14.4 Å². The van der Waals surface area contributed by atoms with Gasteiger partial charge in [-0.05, 0) is 62.4 Å². The number of para-hydroxylation sites is 2. The molecule has 0 bridgehead atoms. The maximum Gasteiger partial charge on any atom is 0.160 e. The van der Waals surface area contributed by atoms with E-state index in [1.54, 1.807) is 0 Å². The average molecular weight is 641 g/mol. The molecule has 0 spiro atoms. The molecule has 2 aromatic heterocycles. The summed E-state index contributed by atoms with van der Waals surface area (Å²) in [4.78, 5) is 10.4. The van der Waals surface area contributed by atoms with Crippen LogP contribution in [0.4, 0.5) is 0 Å². The van der Waals surface area contributed by atoms with Crippen LogP contribution in [0.25, 0.3) is 88.9 Å². The maximum atomic E-state index is 6.48. The molecule has 0 fully saturated rings. The summed E-state index contributed by atoms with van der Waals surface area (Å²) in [5.41, 5.74) is 14.2. The predicted octanol–water partition coefficient (Wildman–Crippen LogP) is 12.5. The van der Waals surface area contributed by atoms with Gasteiger partial charge in [0.2, 0.25) is 0 Å². The topological polar surface area (TPSA) is 38.9 Å². The molecule has 0 saturated heterocycles. The summed E-state index contributed by atoms with van der Waals surface area (Å²) < 4.78 is 6.48. The molecule has 0 amide bonds. The number of aromatic nitrogens is 2. The van der Waals surface area contributed by atoms with Crippen molar-refractivity contribution < 1.29 is 4.42 Å². The van der Waals surface area contributed by atoms with Crippen LogP contribution >= 0.6 is 0 Å². The Morgan fingerprint density at radius 3 is 1.86 bits per heavy atom. The van der Waals surface area contributed by atoms with Crippen molar-refractivity contribution in [2.45, 2.75) is 19.3 Å². The molecule has 2 heterocycles. The number of rotatable bonds is 4. The molecule has 0 N–H and O–H groups in total. The Morgan fingerprint density at radius 2 is 1.02 bits per heavy atom. The Balaban J connectivity index is 1.21. The van der Waals surface area contributed by atoms with Crippen LogP contribution in [-0.4, -0.2) is 9.97 Å². The summed E-state index contributed by atoms with van der Waals surface area (Å²) >= 11 is 0. The minimum Gasteiger partial charge on any atom is -0.455 e. The van der Waals surface area contributed by atoms with Gasteiger partial charge in [-0.25, -0.2) is 9.97 Å². The Bertz CT molecular complexity index is 2790. The van der Waals surface area contributed by atoms with Crippen LogP contribution in [0.1, 0.15) is 25.0 Å². The molecule has 0 aliphatic heterocycles. The van der Waals surface area contributed by atoms with Gasteiger partial charge in [0.05, 0.1) is 11.4 Å². The highest BCUT2D eigenvalue weighted by atomic mass is 16.3. The molecule has 3 heteroatoms. The summed E-state index contributed by atoms with van der Waals surface area (Å²) in [5.74, 6) is 0.680. The second kappa shape index (κ2) is 10.8. The Labute approximate surface area is 290 Å². The quantitative estimate of drug-likeness (QED) is 0.192. The van der Waals surface area contributed by atoms with E-state index in [1.807, 2.05) is 30.3 Å². The van der Waals surface area contributed by atoms with Gasteiger partial charge in [0.25, 0.3) is 0 Å². The first-order valence-electron chi connectivity index (χ1n) is 17.2. The SMILES string of the molecule is CC1(C)c2ccccc2-c2c(-c3ccc(-c4cc(-c5cccc6c5oc5ccccc56)nc(-c5ccccc5)n4)c4ccccc34)cccc21. The third-order valence-electron chi connectivity index (χ3n) is 10.5. The lowest BCUT2D eigenvalue weighted by molar-refractivity contribution is 0.660. The first-order chi connectivity index (χ1) is 24.6. The second-order valence-corrected chi connectivity index (χ2v) is 13.7. The lowest BCUT2D eigenvalue weighted by Gasteiger charge is -2.22. The maximum absolute atomic E-state index is 6.48. The van der Waals surface area contributed by atoms with Gasteiger partial charge in [-0.15, -0.1) is 0 Å². The van der Waals surface area contributed by atoms with Crippen LogP contribution in [0.5, 0.6) is 0 Å². The van der Waals surface area contributed by atoms with E-state index >= 15 is 0 Å². The van der Waals surface area contributed by atoms with E-state index < -0.39 is 0 Å². The fraction of sp³-hybridized carbons (Fsp3) is 0.0638. The Kier molecular flexibility index (Phi) is 6.22. The molecule has 3 nitrogen and oxygen atoms in total. The average Bonchev–Trinajstić information content (AvgIpc) is 3.67. The number of benzene rings is 7. The zero-order valence-corrected chi connectivity index (χ0v) is 27.8. The van der Waals surface area contributed by atoms with E-state index in [1.165, 1.54) is 38.8 Å². The van der Waals surface area contributed by atoms with Crippen molar-refractivity contribution in [1.82, 2.24) is 9.97 Å². The molecule has 7 aromatic carbocycles. The first-order valence-corrected chi connectivity index (χ1v) is 17.2. The van der Waals surface area contributed by atoms with Gasteiger partial charge < -0.3 is 4.42 Å². The standard InChI is InChI=1S/C47H32N2O/c1-47(2)39-23-10-8-19-37(39)44-35(20-13-24-40(44)47)32-26-27-33(31-17-7-6-16-30(31)32)41-28-42(49-46(48-41)29-14-4-3-5-15-29)38-22-12-21-36-34-18-9-11-25-43(34)50-45(36)38/h3-28H,1-2H3. The molecule has 1 aliphatic carbocycles. The van der Waals surface area contributed by atoms with Crippen molar-refractivity contribution in [3.63, 3.8) is 0 Å². The van der Waals surface area contributed by atoms with Crippen molar-refractivity contribution >= 4 is 32.7 Å². The molecule has 0 radical (unpaired) electrons. The Morgan fingerprint density at radius 1 is 0.440 bits per heavy atom. The van der Waals surface area contributed by atoms with Gasteiger partial charge >= 0.3 is 0 Å². The van der Waals surface area contributed by atoms with Crippen molar-refractivity contribution in [1.29, 1.82) is 0 Å². The molecule has 236 valence electrons. The highest BCUT2D eigenvalue weighted by Crippen LogP contribution is 2.53. The van der Waals surface area contributed by atoms with Crippen LogP contribution in [0, 0.1) is 0 Å². The van der Waals surface area contributed by atoms with E-state index in [9.17, 15) is 0 Å². The molecule has 0 saturated carbocycles.